The Kier molecular flexibility index (Phi) is 11.0. The standard InChI is InChI=1S/C19H32O3S/c1-2-3-4-5-6-7-8-9-10-14-17-22-23(20,21)18-19-15-12-11-13-16-19/h11-13,15-16H,2-10,14,17-18H2,1H3. The molecule has 0 aliphatic rings. The molecule has 1 aromatic rings. The summed E-state index contributed by atoms with van der Waals surface area (Å²) in [5.41, 5.74) is 0.774. The van der Waals surface area contributed by atoms with Crippen LogP contribution in [0.2, 0.25) is 0 Å². The first kappa shape index (κ1) is 20.2. The molecule has 1 aromatic carbocycles. The van der Waals surface area contributed by atoms with Gasteiger partial charge in [-0.2, -0.15) is 8.42 Å². The molecule has 132 valence electrons. The summed E-state index contributed by atoms with van der Waals surface area (Å²) in [7, 11) is -3.44. The summed E-state index contributed by atoms with van der Waals surface area (Å²) >= 11 is 0. The van der Waals surface area contributed by atoms with Gasteiger partial charge in [0, 0.05) is 0 Å². The first-order valence-electron chi connectivity index (χ1n) is 9.05. The van der Waals surface area contributed by atoms with Gasteiger partial charge in [0.15, 0.2) is 0 Å². The molecule has 0 N–H and O–H groups in total. The van der Waals surface area contributed by atoms with Gasteiger partial charge >= 0.3 is 0 Å². The zero-order valence-corrected chi connectivity index (χ0v) is 15.3. The highest BCUT2D eigenvalue weighted by molar-refractivity contribution is 7.85. The molecule has 0 atom stereocenters. The van der Waals surface area contributed by atoms with E-state index >= 15 is 0 Å². The minimum atomic E-state index is -3.44. The molecule has 0 radical (unpaired) electrons. The molecule has 0 aliphatic heterocycles. The molecule has 0 saturated carbocycles. The normalized spacial score (nSPS) is 11.7. The fourth-order valence-corrected chi connectivity index (χ4v) is 3.65. The van der Waals surface area contributed by atoms with Gasteiger partial charge in [0.05, 0.1) is 6.61 Å². The van der Waals surface area contributed by atoms with Crippen molar-refractivity contribution in [1.29, 1.82) is 0 Å². The number of hydrogen-bond acceptors (Lipinski definition) is 3. The fourth-order valence-electron chi connectivity index (χ4n) is 2.60. The third-order valence-electron chi connectivity index (χ3n) is 3.95. The topological polar surface area (TPSA) is 43.4 Å². The second-order valence-corrected chi connectivity index (χ2v) is 7.83. The van der Waals surface area contributed by atoms with Gasteiger partial charge in [-0.05, 0) is 12.0 Å². The Morgan fingerprint density at radius 3 is 1.87 bits per heavy atom. The third kappa shape index (κ3) is 11.3. The number of benzene rings is 1. The van der Waals surface area contributed by atoms with Crippen LogP contribution in [0.15, 0.2) is 30.3 Å². The van der Waals surface area contributed by atoms with Crippen molar-refractivity contribution in [3.8, 4) is 0 Å². The maximum absolute atomic E-state index is 11.8. The molecule has 0 heterocycles. The average Bonchev–Trinajstić information content (AvgIpc) is 2.53. The summed E-state index contributed by atoms with van der Waals surface area (Å²) in [6.45, 7) is 2.55. The van der Waals surface area contributed by atoms with Gasteiger partial charge < -0.3 is 0 Å². The van der Waals surface area contributed by atoms with Gasteiger partial charge in [0.25, 0.3) is 10.1 Å². The van der Waals surface area contributed by atoms with Crippen molar-refractivity contribution in [2.24, 2.45) is 0 Å². The predicted molar refractivity (Wildman–Crippen MR) is 96.9 cm³/mol. The second kappa shape index (κ2) is 12.5. The highest BCUT2D eigenvalue weighted by atomic mass is 32.2. The highest BCUT2D eigenvalue weighted by Crippen LogP contribution is 2.12. The minimum absolute atomic E-state index is 0.0361. The van der Waals surface area contributed by atoms with E-state index in [9.17, 15) is 8.42 Å². The molecule has 4 heteroatoms. The van der Waals surface area contributed by atoms with E-state index in [1.807, 2.05) is 18.2 Å². The van der Waals surface area contributed by atoms with Crippen LogP contribution in [0.25, 0.3) is 0 Å². The lowest BCUT2D eigenvalue weighted by molar-refractivity contribution is 0.305. The van der Waals surface area contributed by atoms with Crippen molar-refractivity contribution in [1.82, 2.24) is 0 Å². The predicted octanol–water partition coefficient (Wildman–Crippen LogP) is 5.45. The van der Waals surface area contributed by atoms with E-state index in [0.717, 1.165) is 18.4 Å². The Balaban J connectivity index is 1.98. The van der Waals surface area contributed by atoms with Crippen LogP contribution >= 0.6 is 0 Å². The van der Waals surface area contributed by atoms with Crippen molar-refractivity contribution >= 4 is 10.1 Å². The van der Waals surface area contributed by atoms with Crippen LogP contribution in [0.1, 0.15) is 76.7 Å². The lowest BCUT2D eigenvalue weighted by Crippen LogP contribution is -2.09. The van der Waals surface area contributed by atoms with Crippen LogP contribution in [0, 0.1) is 0 Å². The third-order valence-corrected chi connectivity index (χ3v) is 5.16. The number of rotatable bonds is 14. The minimum Gasteiger partial charge on any atom is -0.270 e. The zero-order chi connectivity index (χ0) is 16.8. The monoisotopic (exact) mass is 340 g/mol. The Bertz CT molecular complexity index is 483. The lowest BCUT2D eigenvalue weighted by Gasteiger charge is -2.06. The van der Waals surface area contributed by atoms with Crippen LogP contribution in [-0.4, -0.2) is 15.0 Å². The van der Waals surface area contributed by atoms with Gasteiger partial charge in [-0.1, -0.05) is 95.0 Å². The second-order valence-electron chi connectivity index (χ2n) is 6.19. The molecule has 3 nitrogen and oxygen atoms in total. The first-order valence-corrected chi connectivity index (χ1v) is 10.6. The van der Waals surface area contributed by atoms with Gasteiger partial charge in [0.2, 0.25) is 0 Å². The summed E-state index contributed by atoms with van der Waals surface area (Å²) in [4.78, 5) is 0. The SMILES string of the molecule is CCCCCCCCCCCCOS(=O)(=O)Cc1ccccc1. The van der Waals surface area contributed by atoms with E-state index in [1.165, 1.54) is 51.4 Å². The van der Waals surface area contributed by atoms with Crippen molar-refractivity contribution in [3.05, 3.63) is 35.9 Å². The van der Waals surface area contributed by atoms with Crippen LogP contribution in [0.3, 0.4) is 0 Å². The summed E-state index contributed by atoms with van der Waals surface area (Å²) in [5, 5.41) is 0. The van der Waals surface area contributed by atoms with Gasteiger partial charge in [0.1, 0.15) is 5.75 Å². The van der Waals surface area contributed by atoms with E-state index in [0.29, 0.717) is 6.61 Å². The Hall–Kier alpha value is -0.870. The van der Waals surface area contributed by atoms with Crippen molar-refractivity contribution in [3.63, 3.8) is 0 Å². The van der Waals surface area contributed by atoms with Crippen LogP contribution < -0.4 is 0 Å². The Labute approximate surface area is 142 Å². The molecule has 0 aromatic heterocycles. The molecule has 0 unspecified atom stereocenters. The van der Waals surface area contributed by atoms with E-state index in [-0.39, 0.29) is 5.75 Å². The quantitative estimate of drug-likeness (QED) is 0.334. The van der Waals surface area contributed by atoms with E-state index in [2.05, 4.69) is 6.92 Å². The van der Waals surface area contributed by atoms with Gasteiger partial charge in [-0.3, -0.25) is 4.18 Å². The molecule has 23 heavy (non-hydrogen) atoms. The lowest BCUT2D eigenvalue weighted by atomic mass is 10.1. The van der Waals surface area contributed by atoms with Crippen LogP contribution in [0.5, 0.6) is 0 Å². The fraction of sp³-hybridized carbons (Fsp3) is 0.684. The van der Waals surface area contributed by atoms with Crippen molar-refractivity contribution in [2.45, 2.75) is 76.9 Å². The largest absolute Gasteiger partial charge is 0.271 e. The van der Waals surface area contributed by atoms with Crippen molar-refractivity contribution in [2.75, 3.05) is 6.61 Å². The Morgan fingerprint density at radius 2 is 1.30 bits per heavy atom. The maximum Gasteiger partial charge on any atom is 0.271 e. The molecular formula is C19H32O3S. The van der Waals surface area contributed by atoms with Crippen molar-refractivity contribution < 1.29 is 12.6 Å². The molecule has 0 aliphatic carbocycles. The molecule has 0 spiro atoms. The first-order chi connectivity index (χ1) is 11.1. The van der Waals surface area contributed by atoms with Gasteiger partial charge in [-0.15, -0.1) is 0 Å². The maximum atomic E-state index is 11.8. The molecule has 0 saturated heterocycles. The van der Waals surface area contributed by atoms with E-state index in [1.54, 1.807) is 12.1 Å². The highest BCUT2D eigenvalue weighted by Gasteiger charge is 2.11. The van der Waals surface area contributed by atoms with E-state index < -0.39 is 10.1 Å². The van der Waals surface area contributed by atoms with Crippen LogP contribution in [0.4, 0.5) is 0 Å². The summed E-state index contributed by atoms with van der Waals surface area (Å²) in [5.74, 6) is -0.0361. The molecule has 0 fully saturated rings. The molecule has 1 rings (SSSR count). The summed E-state index contributed by atoms with van der Waals surface area (Å²) < 4.78 is 28.8. The zero-order valence-electron chi connectivity index (χ0n) is 14.5. The van der Waals surface area contributed by atoms with Crippen LogP contribution in [-0.2, 0) is 20.1 Å². The number of unbranched alkanes of at least 4 members (excludes halogenated alkanes) is 9. The summed E-state index contributed by atoms with van der Waals surface area (Å²) in [6.07, 6.45) is 12.3. The summed E-state index contributed by atoms with van der Waals surface area (Å²) in [6, 6.07) is 9.17. The molecular weight excluding hydrogens is 308 g/mol. The average molecular weight is 341 g/mol. The van der Waals surface area contributed by atoms with E-state index in [4.69, 9.17) is 4.18 Å². The number of hydrogen-bond donors (Lipinski definition) is 0. The van der Waals surface area contributed by atoms with Gasteiger partial charge in [-0.25, -0.2) is 0 Å². The molecule has 0 bridgehead atoms. The molecule has 0 amide bonds. The Morgan fingerprint density at radius 1 is 0.783 bits per heavy atom. The smallest absolute Gasteiger partial charge is 0.270 e.